The largest absolute Gasteiger partial charge is 0.419 e. The van der Waals surface area contributed by atoms with Gasteiger partial charge in [-0.25, -0.2) is 4.79 Å². The average Bonchev–Trinajstić information content (AvgIpc) is 2.63. The molecule has 0 bridgehead atoms. The maximum Gasteiger partial charge on any atom is 0.419 e. The van der Waals surface area contributed by atoms with Crippen LogP contribution in [-0.4, -0.2) is 4.57 Å². The van der Waals surface area contributed by atoms with Crippen LogP contribution in [0.25, 0.3) is 11.1 Å². The molecule has 0 aliphatic carbocycles. The molecule has 2 aromatic rings. The molecule has 2 rings (SSSR count). The lowest BCUT2D eigenvalue weighted by Crippen LogP contribution is -2.27. The van der Waals surface area contributed by atoms with Gasteiger partial charge in [-0.3, -0.25) is 4.57 Å². The van der Waals surface area contributed by atoms with Gasteiger partial charge in [-0.15, -0.1) is 0 Å². The fraction of sp³-hybridized carbons (Fsp3) is 0.385. The van der Waals surface area contributed by atoms with Gasteiger partial charge >= 0.3 is 5.76 Å². The molecule has 1 aromatic carbocycles. The third-order valence-electron chi connectivity index (χ3n) is 3.24. The summed E-state index contributed by atoms with van der Waals surface area (Å²) in [6.45, 7) is 3.56. The summed E-state index contributed by atoms with van der Waals surface area (Å²) in [6.07, 6.45) is 0. The van der Waals surface area contributed by atoms with Crippen LogP contribution < -0.4 is 11.5 Å². The lowest BCUT2D eigenvalue weighted by Gasteiger charge is -2.24. The maximum atomic E-state index is 11.4. The van der Waals surface area contributed by atoms with E-state index in [2.05, 4.69) is 6.07 Å². The van der Waals surface area contributed by atoms with Crippen molar-refractivity contribution in [3.05, 3.63) is 34.3 Å². The average molecular weight is 245 g/mol. The second kappa shape index (κ2) is 4.00. The van der Waals surface area contributed by atoms with Crippen molar-refractivity contribution < 1.29 is 4.42 Å². The lowest BCUT2D eigenvalue weighted by atomic mass is 9.82. The predicted molar refractivity (Wildman–Crippen MR) is 67.8 cm³/mol. The number of aryl methyl sites for hydroxylation is 1. The molecule has 2 N–H and O–H groups in total. The first-order valence-corrected chi connectivity index (χ1v) is 5.63. The van der Waals surface area contributed by atoms with E-state index in [-0.39, 0.29) is 0 Å². The van der Waals surface area contributed by atoms with Gasteiger partial charge < -0.3 is 10.2 Å². The molecular weight excluding hydrogens is 230 g/mol. The van der Waals surface area contributed by atoms with Gasteiger partial charge in [0.25, 0.3) is 0 Å². The van der Waals surface area contributed by atoms with Crippen molar-refractivity contribution in [3.63, 3.8) is 0 Å². The molecule has 1 atom stereocenters. The highest BCUT2D eigenvalue weighted by Gasteiger charge is 2.28. The van der Waals surface area contributed by atoms with Crippen LogP contribution in [0, 0.1) is 16.7 Å². The topological polar surface area (TPSA) is 84.9 Å². The molecule has 0 aliphatic rings. The van der Waals surface area contributed by atoms with E-state index in [0.717, 1.165) is 5.56 Å². The number of benzene rings is 1. The number of fused-ring (bicyclic) bond motifs is 1. The zero-order valence-electron chi connectivity index (χ0n) is 10.6. The predicted octanol–water partition coefficient (Wildman–Crippen LogP) is 1.68. The normalized spacial score (nSPS) is 13.5. The summed E-state index contributed by atoms with van der Waals surface area (Å²) in [7, 11) is 1.65. The van der Waals surface area contributed by atoms with Gasteiger partial charge in [-0.1, -0.05) is 6.07 Å². The molecule has 0 radical (unpaired) electrons. The van der Waals surface area contributed by atoms with Crippen molar-refractivity contribution in [3.8, 4) is 6.07 Å². The number of oxazole rings is 1. The van der Waals surface area contributed by atoms with E-state index < -0.39 is 17.2 Å². The number of nitriles is 1. The Morgan fingerprint density at radius 2 is 2.17 bits per heavy atom. The first kappa shape index (κ1) is 12.4. The van der Waals surface area contributed by atoms with E-state index in [1.165, 1.54) is 4.57 Å². The zero-order valence-corrected chi connectivity index (χ0v) is 10.6. The van der Waals surface area contributed by atoms with Crippen molar-refractivity contribution in [2.45, 2.75) is 19.9 Å². The lowest BCUT2D eigenvalue weighted by molar-refractivity contribution is 0.393. The first-order chi connectivity index (χ1) is 8.36. The summed E-state index contributed by atoms with van der Waals surface area (Å²) in [4.78, 5) is 11.4. The summed E-state index contributed by atoms with van der Waals surface area (Å²) in [5, 5.41) is 9.08. The number of aromatic nitrogens is 1. The van der Waals surface area contributed by atoms with Crippen molar-refractivity contribution in [2.24, 2.45) is 18.2 Å². The minimum atomic E-state index is -0.678. The molecule has 5 nitrogen and oxygen atoms in total. The third kappa shape index (κ3) is 1.81. The monoisotopic (exact) mass is 245 g/mol. The number of hydrogen-bond donors (Lipinski definition) is 1. The molecule has 0 aliphatic heterocycles. The van der Waals surface area contributed by atoms with Gasteiger partial charge in [0.05, 0.1) is 17.0 Å². The number of hydrogen-bond acceptors (Lipinski definition) is 4. The van der Waals surface area contributed by atoms with Crippen molar-refractivity contribution in [1.29, 1.82) is 5.26 Å². The van der Waals surface area contributed by atoms with E-state index in [0.29, 0.717) is 11.1 Å². The standard InChI is InChI=1S/C13H15N3O2/c1-13(2,7-14)11(15)8-4-5-9-10(6-8)18-12(17)16(9)3/h4-6,11H,15H2,1-3H3. The highest BCUT2D eigenvalue weighted by Crippen LogP contribution is 2.31. The Labute approximate surface area is 104 Å². The van der Waals surface area contributed by atoms with Crippen LogP contribution in [0.15, 0.2) is 27.4 Å². The molecule has 18 heavy (non-hydrogen) atoms. The molecule has 0 saturated heterocycles. The molecule has 0 amide bonds. The Morgan fingerprint density at radius 1 is 1.50 bits per heavy atom. The number of nitrogens with zero attached hydrogens (tertiary/aromatic N) is 2. The fourth-order valence-electron chi connectivity index (χ4n) is 1.83. The van der Waals surface area contributed by atoms with Gasteiger partial charge in [0, 0.05) is 13.1 Å². The van der Waals surface area contributed by atoms with E-state index in [1.54, 1.807) is 33.0 Å². The second-order valence-corrected chi connectivity index (χ2v) is 4.97. The van der Waals surface area contributed by atoms with Crippen LogP contribution in [0.1, 0.15) is 25.5 Å². The van der Waals surface area contributed by atoms with Crippen LogP contribution in [0.4, 0.5) is 0 Å². The van der Waals surface area contributed by atoms with E-state index >= 15 is 0 Å². The number of rotatable bonds is 2. The minimum Gasteiger partial charge on any atom is -0.408 e. The second-order valence-electron chi connectivity index (χ2n) is 4.97. The quantitative estimate of drug-likeness (QED) is 0.872. The third-order valence-corrected chi connectivity index (χ3v) is 3.24. The van der Waals surface area contributed by atoms with Gasteiger partial charge in [0.1, 0.15) is 0 Å². The van der Waals surface area contributed by atoms with Crippen molar-refractivity contribution >= 4 is 11.1 Å². The molecule has 0 fully saturated rings. The summed E-state index contributed by atoms with van der Waals surface area (Å²) in [5.74, 6) is -0.407. The summed E-state index contributed by atoms with van der Waals surface area (Å²) in [6, 6.07) is 7.07. The van der Waals surface area contributed by atoms with E-state index in [9.17, 15) is 4.79 Å². The highest BCUT2D eigenvalue weighted by molar-refractivity contribution is 5.73. The van der Waals surface area contributed by atoms with Crippen LogP contribution in [0.2, 0.25) is 0 Å². The Kier molecular flexibility index (Phi) is 2.76. The SMILES string of the molecule is Cn1c(=O)oc2cc(C(N)C(C)(C)C#N)ccc21. The van der Waals surface area contributed by atoms with E-state index in [1.807, 2.05) is 6.07 Å². The Hall–Kier alpha value is -2.06. The highest BCUT2D eigenvalue weighted by atomic mass is 16.4. The molecule has 1 unspecified atom stereocenters. The van der Waals surface area contributed by atoms with Crippen molar-refractivity contribution in [2.75, 3.05) is 0 Å². The summed E-state index contributed by atoms with van der Waals surface area (Å²) >= 11 is 0. The van der Waals surface area contributed by atoms with Gasteiger partial charge in [0.15, 0.2) is 5.58 Å². The van der Waals surface area contributed by atoms with Crippen LogP contribution >= 0.6 is 0 Å². The maximum absolute atomic E-state index is 11.4. The Balaban J connectivity index is 2.55. The Bertz CT molecular complexity index is 688. The molecule has 5 heteroatoms. The summed E-state index contributed by atoms with van der Waals surface area (Å²) < 4.78 is 6.54. The molecule has 0 saturated carbocycles. The summed E-state index contributed by atoms with van der Waals surface area (Å²) in [5.41, 5.74) is 7.38. The van der Waals surface area contributed by atoms with Crippen LogP contribution in [0.3, 0.4) is 0 Å². The van der Waals surface area contributed by atoms with Crippen LogP contribution in [0.5, 0.6) is 0 Å². The molecule has 1 aromatic heterocycles. The Morgan fingerprint density at radius 3 is 2.78 bits per heavy atom. The fourth-order valence-corrected chi connectivity index (χ4v) is 1.83. The first-order valence-electron chi connectivity index (χ1n) is 5.63. The minimum absolute atomic E-state index is 0.407. The van der Waals surface area contributed by atoms with E-state index in [4.69, 9.17) is 15.4 Å². The van der Waals surface area contributed by atoms with Crippen molar-refractivity contribution in [1.82, 2.24) is 4.57 Å². The smallest absolute Gasteiger partial charge is 0.408 e. The van der Waals surface area contributed by atoms with Gasteiger partial charge in [-0.2, -0.15) is 5.26 Å². The molecule has 0 spiro atoms. The van der Waals surface area contributed by atoms with Gasteiger partial charge in [-0.05, 0) is 31.5 Å². The van der Waals surface area contributed by atoms with Gasteiger partial charge in [0.2, 0.25) is 0 Å². The molecular formula is C13H15N3O2. The molecule has 1 heterocycles. The van der Waals surface area contributed by atoms with Crippen LogP contribution in [-0.2, 0) is 7.05 Å². The molecule has 94 valence electrons. The number of nitrogens with two attached hydrogens (primary N) is 1. The zero-order chi connectivity index (χ0) is 13.5.